The Hall–Kier alpha value is -2.63. The first-order valence-electron chi connectivity index (χ1n) is 8.53. The van der Waals surface area contributed by atoms with Crippen LogP contribution in [0.15, 0.2) is 34.9 Å². The van der Waals surface area contributed by atoms with Crippen molar-refractivity contribution in [3.63, 3.8) is 0 Å². The Morgan fingerprint density at radius 2 is 1.88 bits per heavy atom. The smallest absolute Gasteiger partial charge is 0.251 e. The maximum atomic E-state index is 12.5. The summed E-state index contributed by atoms with van der Waals surface area (Å²) in [6, 6.07) is 8.39. The molecule has 1 heterocycles. The Morgan fingerprint density at radius 1 is 1.20 bits per heavy atom. The highest BCUT2D eigenvalue weighted by Gasteiger charge is 2.23. The number of carbonyl (C=O) groups is 2. The lowest BCUT2D eigenvalue weighted by Gasteiger charge is -2.19. The summed E-state index contributed by atoms with van der Waals surface area (Å²) < 4.78 is 4.95. The van der Waals surface area contributed by atoms with Crippen LogP contribution in [0.2, 0.25) is 0 Å². The molecule has 2 aromatic rings. The van der Waals surface area contributed by atoms with E-state index in [9.17, 15) is 9.59 Å². The Labute approximate surface area is 148 Å². The van der Waals surface area contributed by atoms with Crippen LogP contribution >= 0.6 is 0 Å². The third-order valence-corrected chi connectivity index (χ3v) is 3.83. The van der Waals surface area contributed by atoms with Gasteiger partial charge in [0.25, 0.3) is 5.91 Å². The van der Waals surface area contributed by atoms with Gasteiger partial charge in [-0.05, 0) is 43.4 Å². The second-order valence-electron chi connectivity index (χ2n) is 6.52. The van der Waals surface area contributed by atoms with Crippen LogP contribution in [0.4, 0.5) is 5.82 Å². The first-order valence-corrected chi connectivity index (χ1v) is 8.53. The number of benzene rings is 1. The van der Waals surface area contributed by atoms with Gasteiger partial charge in [-0.1, -0.05) is 38.1 Å². The molecule has 0 aliphatic heterocycles. The summed E-state index contributed by atoms with van der Waals surface area (Å²) in [6.07, 6.45) is 1.44. The number of aryl methyl sites for hydroxylation is 2. The zero-order valence-electron chi connectivity index (χ0n) is 15.1. The van der Waals surface area contributed by atoms with Gasteiger partial charge in [-0.15, -0.1) is 0 Å². The maximum absolute atomic E-state index is 12.5. The molecule has 0 fully saturated rings. The van der Waals surface area contributed by atoms with E-state index < -0.39 is 6.04 Å². The van der Waals surface area contributed by atoms with Gasteiger partial charge in [-0.25, -0.2) is 0 Å². The first kappa shape index (κ1) is 18.7. The van der Waals surface area contributed by atoms with Crippen molar-refractivity contribution < 1.29 is 14.1 Å². The third kappa shape index (κ3) is 5.45. The van der Waals surface area contributed by atoms with E-state index in [0.29, 0.717) is 23.6 Å². The molecule has 2 N–H and O–H groups in total. The van der Waals surface area contributed by atoms with E-state index in [0.717, 1.165) is 12.0 Å². The molecule has 2 amide bonds. The molecular weight excluding hydrogens is 318 g/mol. The fourth-order valence-electron chi connectivity index (χ4n) is 2.47. The van der Waals surface area contributed by atoms with Gasteiger partial charge in [0.15, 0.2) is 5.82 Å². The zero-order valence-corrected chi connectivity index (χ0v) is 15.1. The summed E-state index contributed by atoms with van der Waals surface area (Å²) in [5, 5.41) is 9.26. The average Bonchev–Trinajstić information content (AvgIpc) is 2.98. The van der Waals surface area contributed by atoms with Crippen LogP contribution < -0.4 is 10.6 Å². The Morgan fingerprint density at radius 3 is 2.40 bits per heavy atom. The van der Waals surface area contributed by atoms with Gasteiger partial charge in [0, 0.05) is 11.6 Å². The highest BCUT2D eigenvalue weighted by atomic mass is 16.5. The second kappa shape index (κ2) is 8.46. The summed E-state index contributed by atoms with van der Waals surface area (Å²) in [5.41, 5.74) is 1.70. The van der Waals surface area contributed by atoms with Crippen molar-refractivity contribution in [1.29, 1.82) is 0 Å². The molecule has 1 atom stereocenters. The molecule has 25 heavy (non-hydrogen) atoms. The van der Waals surface area contributed by atoms with Gasteiger partial charge in [0.05, 0.1) is 0 Å². The van der Waals surface area contributed by atoms with E-state index in [-0.39, 0.29) is 17.7 Å². The zero-order chi connectivity index (χ0) is 18.4. The molecule has 2 rings (SSSR count). The molecule has 134 valence electrons. The van der Waals surface area contributed by atoms with Crippen LogP contribution in [0.5, 0.6) is 0 Å². The molecule has 1 aromatic heterocycles. The molecule has 0 aliphatic rings. The highest BCUT2D eigenvalue weighted by molar-refractivity contribution is 6.00. The number of anilines is 1. The number of hydrogen-bond acceptors (Lipinski definition) is 4. The molecule has 0 spiro atoms. The summed E-state index contributed by atoms with van der Waals surface area (Å²) in [6.45, 7) is 7.81. The molecule has 0 radical (unpaired) electrons. The highest BCUT2D eigenvalue weighted by Crippen LogP contribution is 2.12. The van der Waals surface area contributed by atoms with Crippen molar-refractivity contribution in [2.45, 2.75) is 46.6 Å². The van der Waals surface area contributed by atoms with E-state index in [1.807, 2.05) is 26.0 Å². The van der Waals surface area contributed by atoms with Crippen LogP contribution in [0, 0.1) is 12.8 Å². The molecule has 0 bridgehead atoms. The molecule has 0 saturated carbocycles. The number of nitrogens with zero attached hydrogens (tertiary/aromatic N) is 1. The predicted molar refractivity (Wildman–Crippen MR) is 96.4 cm³/mol. The molecule has 0 aliphatic carbocycles. The van der Waals surface area contributed by atoms with Crippen molar-refractivity contribution in [2.24, 2.45) is 5.92 Å². The van der Waals surface area contributed by atoms with Gasteiger partial charge < -0.3 is 15.2 Å². The van der Waals surface area contributed by atoms with E-state index in [1.165, 1.54) is 0 Å². The van der Waals surface area contributed by atoms with Crippen molar-refractivity contribution in [3.8, 4) is 0 Å². The maximum Gasteiger partial charge on any atom is 0.251 e. The fourth-order valence-corrected chi connectivity index (χ4v) is 2.47. The van der Waals surface area contributed by atoms with Gasteiger partial charge in [-0.3, -0.25) is 9.59 Å². The summed E-state index contributed by atoms with van der Waals surface area (Å²) in [7, 11) is 0. The van der Waals surface area contributed by atoms with Crippen molar-refractivity contribution >= 4 is 17.6 Å². The average molecular weight is 343 g/mol. The third-order valence-electron chi connectivity index (χ3n) is 3.83. The Bertz CT molecular complexity index is 720. The van der Waals surface area contributed by atoms with Crippen LogP contribution in [-0.4, -0.2) is 23.0 Å². The lowest BCUT2D eigenvalue weighted by atomic mass is 10.0. The monoisotopic (exact) mass is 343 g/mol. The minimum absolute atomic E-state index is 0.248. The summed E-state index contributed by atoms with van der Waals surface area (Å²) >= 11 is 0. The van der Waals surface area contributed by atoms with Crippen LogP contribution in [0.3, 0.4) is 0 Å². The van der Waals surface area contributed by atoms with Crippen LogP contribution in [0.25, 0.3) is 0 Å². The Kier molecular flexibility index (Phi) is 6.33. The number of rotatable bonds is 7. The van der Waals surface area contributed by atoms with Crippen molar-refractivity contribution in [3.05, 3.63) is 47.2 Å². The van der Waals surface area contributed by atoms with Gasteiger partial charge in [0.2, 0.25) is 5.91 Å². The van der Waals surface area contributed by atoms with Gasteiger partial charge in [0.1, 0.15) is 11.8 Å². The minimum Gasteiger partial charge on any atom is -0.360 e. The van der Waals surface area contributed by atoms with Gasteiger partial charge in [-0.2, -0.15) is 0 Å². The predicted octanol–water partition coefficient (Wildman–Crippen LogP) is 3.33. The quantitative estimate of drug-likeness (QED) is 0.807. The standard InChI is InChI=1S/C19H25N3O3/c1-5-14-6-8-15(9-7-14)18(23)20-16(10-12(2)3)19(24)21-17-11-13(4)25-22-17/h6-9,11-12,16H,5,10H2,1-4H3,(H,20,23)(H,21,22,24). The SMILES string of the molecule is CCc1ccc(C(=O)NC(CC(C)C)C(=O)Nc2cc(C)on2)cc1. The topological polar surface area (TPSA) is 84.2 Å². The first-order chi connectivity index (χ1) is 11.9. The lowest BCUT2D eigenvalue weighted by Crippen LogP contribution is -2.44. The van der Waals surface area contributed by atoms with Crippen molar-refractivity contribution in [1.82, 2.24) is 10.5 Å². The number of carbonyl (C=O) groups excluding carboxylic acids is 2. The number of aromatic nitrogens is 1. The number of nitrogens with one attached hydrogen (secondary N) is 2. The largest absolute Gasteiger partial charge is 0.360 e. The summed E-state index contributed by atoms with van der Waals surface area (Å²) in [5.74, 6) is 0.631. The Balaban J connectivity index is 2.07. The van der Waals surface area contributed by atoms with E-state index in [1.54, 1.807) is 25.1 Å². The van der Waals surface area contributed by atoms with Crippen LogP contribution in [0.1, 0.15) is 48.9 Å². The number of hydrogen-bond donors (Lipinski definition) is 2. The molecule has 6 nitrogen and oxygen atoms in total. The normalized spacial score (nSPS) is 12.0. The number of amides is 2. The summed E-state index contributed by atoms with van der Waals surface area (Å²) in [4.78, 5) is 25.0. The minimum atomic E-state index is -0.643. The van der Waals surface area contributed by atoms with Crippen molar-refractivity contribution in [2.75, 3.05) is 5.32 Å². The molecular formula is C19H25N3O3. The molecule has 1 unspecified atom stereocenters. The van der Waals surface area contributed by atoms with E-state index >= 15 is 0 Å². The van der Waals surface area contributed by atoms with Crippen LogP contribution in [-0.2, 0) is 11.2 Å². The van der Waals surface area contributed by atoms with E-state index in [2.05, 4.69) is 22.7 Å². The van der Waals surface area contributed by atoms with E-state index in [4.69, 9.17) is 4.52 Å². The fraction of sp³-hybridized carbons (Fsp3) is 0.421. The lowest BCUT2D eigenvalue weighted by molar-refractivity contribution is -0.118. The molecule has 0 saturated heterocycles. The molecule has 1 aromatic carbocycles. The van der Waals surface area contributed by atoms with Gasteiger partial charge >= 0.3 is 0 Å². The second-order valence-corrected chi connectivity index (χ2v) is 6.52. The molecule has 6 heteroatoms.